The van der Waals surface area contributed by atoms with Crippen molar-refractivity contribution in [3.05, 3.63) is 120 Å². The second-order valence-electron chi connectivity index (χ2n) is 12.0. The van der Waals surface area contributed by atoms with Crippen molar-refractivity contribution >= 4 is 29.8 Å². The Morgan fingerprint density at radius 2 is 1.28 bits per heavy atom. The van der Waals surface area contributed by atoms with Gasteiger partial charge in [-0.3, -0.25) is 19.3 Å². The highest BCUT2D eigenvalue weighted by Crippen LogP contribution is 2.46. The summed E-state index contributed by atoms with van der Waals surface area (Å²) in [6.45, 7) is 0.106. The van der Waals surface area contributed by atoms with Crippen LogP contribution in [0.2, 0.25) is 0 Å². The van der Waals surface area contributed by atoms with Gasteiger partial charge in [-0.15, -0.1) is 0 Å². The molecule has 0 heterocycles. The number of carboxylic acid groups (broad SMARTS) is 2. The molecule has 1 aliphatic rings. The predicted molar refractivity (Wildman–Crippen MR) is 188 cm³/mol. The first kappa shape index (κ1) is 39.6. The van der Waals surface area contributed by atoms with E-state index in [9.17, 15) is 37.5 Å². The minimum atomic E-state index is -5.08. The first-order chi connectivity index (χ1) is 25.3. The van der Waals surface area contributed by atoms with Gasteiger partial charge in [-0.25, -0.2) is 9.59 Å². The smallest absolute Gasteiger partial charge is 0.481 e. The number of hydrogen-bond donors (Lipinski definition) is 4. The number of ether oxygens (including phenoxy) is 1. The number of benzene rings is 4. The molecule has 0 aliphatic heterocycles. The van der Waals surface area contributed by atoms with Crippen LogP contribution in [-0.2, 0) is 23.9 Å². The minimum absolute atomic E-state index is 0.166. The van der Waals surface area contributed by atoms with Crippen LogP contribution in [0.15, 0.2) is 103 Å². The molecule has 5 rings (SSSR count). The van der Waals surface area contributed by atoms with Crippen LogP contribution in [-0.4, -0.2) is 71.3 Å². The standard InChI is InChI=1S/C37H37N3O6.C2HF3O2/c1-46-37(45)40(36-30-15-7-5-13-28(30)29-14-6-8-16-31(29)36)22-10-9-17-33(41)38-24-34(42)39-32(23-35(43)44)27-20-18-26(19-21-27)25-11-3-2-4-12-25;3-2(4,5)1(6)7/h2-8,11-16,18-21,32,36H,9-10,17,22-24H2,1H3,(H,38,41)(H,39,42)(H,43,44);(H,6,7). The normalized spacial score (nSPS) is 12.2. The highest BCUT2D eigenvalue weighted by molar-refractivity contribution is 5.85. The molecule has 1 aliphatic carbocycles. The molecule has 11 nitrogen and oxygen atoms in total. The van der Waals surface area contributed by atoms with Crippen LogP contribution in [0.25, 0.3) is 22.3 Å². The fourth-order valence-electron chi connectivity index (χ4n) is 5.95. The number of nitrogens with one attached hydrogen (secondary N) is 2. The molecular weight excluding hydrogens is 695 g/mol. The maximum absolute atomic E-state index is 12.9. The van der Waals surface area contributed by atoms with Crippen LogP contribution in [0, 0.1) is 0 Å². The first-order valence-electron chi connectivity index (χ1n) is 16.6. The summed E-state index contributed by atoms with van der Waals surface area (Å²) in [6.07, 6.45) is -4.61. The monoisotopic (exact) mass is 733 g/mol. The number of alkyl halides is 3. The van der Waals surface area contributed by atoms with E-state index in [4.69, 9.17) is 14.6 Å². The van der Waals surface area contributed by atoms with E-state index in [0.717, 1.165) is 33.4 Å². The Bertz CT molecular complexity index is 1860. The molecular formula is C39H38F3N3O8. The van der Waals surface area contributed by atoms with E-state index < -0.39 is 36.2 Å². The maximum atomic E-state index is 12.9. The first-order valence-corrected chi connectivity index (χ1v) is 16.6. The molecule has 0 fully saturated rings. The highest BCUT2D eigenvalue weighted by atomic mass is 19.4. The summed E-state index contributed by atoms with van der Waals surface area (Å²) in [4.78, 5) is 60.3. The van der Waals surface area contributed by atoms with Crippen LogP contribution in [0.1, 0.15) is 54.5 Å². The van der Waals surface area contributed by atoms with Gasteiger partial charge in [-0.1, -0.05) is 103 Å². The van der Waals surface area contributed by atoms with Gasteiger partial charge >= 0.3 is 24.2 Å². The molecule has 0 saturated carbocycles. The van der Waals surface area contributed by atoms with Gasteiger partial charge < -0.3 is 25.6 Å². The number of rotatable bonds is 13. The van der Waals surface area contributed by atoms with E-state index in [1.807, 2.05) is 78.9 Å². The van der Waals surface area contributed by atoms with Crippen LogP contribution >= 0.6 is 0 Å². The summed E-state index contributed by atoms with van der Waals surface area (Å²) in [5.41, 5.74) is 6.91. The summed E-state index contributed by atoms with van der Waals surface area (Å²) in [5, 5.41) is 21.9. The summed E-state index contributed by atoms with van der Waals surface area (Å²) in [7, 11) is 1.36. The van der Waals surface area contributed by atoms with Gasteiger partial charge in [0, 0.05) is 13.0 Å². The average Bonchev–Trinajstić information content (AvgIpc) is 3.47. The van der Waals surface area contributed by atoms with Gasteiger partial charge in [0.1, 0.15) is 0 Å². The number of amides is 3. The predicted octanol–water partition coefficient (Wildman–Crippen LogP) is 6.74. The molecule has 0 radical (unpaired) electrons. The Kier molecular flexibility index (Phi) is 13.7. The zero-order valence-electron chi connectivity index (χ0n) is 28.6. The highest BCUT2D eigenvalue weighted by Gasteiger charge is 2.38. The summed E-state index contributed by atoms with van der Waals surface area (Å²) in [6, 6.07) is 32.2. The van der Waals surface area contributed by atoms with E-state index in [1.54, 1.807) is 17.0 Å². The third-order valence-corrected chi connectivity index (χ3v) is 8.40. The van der Waals surface area contributed by atoms with Gasteiger partial charge in [0.2, 0.25) is 11.8 Å². The van der Waals surface area contributed by atoms with Crippen molar-refractivity contribution < 1.29 is 52.1 Å². The fourth-order valence-corrected chi connectivity index (χ4v) is 5.95. The SMILES string of the molecule is COC(=O)N(CCCCC(=O)NCC(=O)NC(CC(=O)O)c1ccc(-c2ccccc2)cc1)C1c2ccccc2-c2ccccc21.O=C(O)C(F)(F)F. The number of aliphatic carboxylic acids is 2. The Balaban J connectivity index is 0.000000815. The van der Waals surface area contributed by atoms with Crippen molar-refractivity contribution in [3.63, 3.8) is 0 Å². The van der Waals surface area contributed by atoms with Crippen LogP contribution in [0.4, 0.5) is 18.0 Å². The Morgan fingerprint density at radius 3 is 1.81 bits per heavy atom. The number of fused-ring (bicyclic) bond motifs is 3. The number of carbonyl (C=O) groups is 5. The van der Waals surface area contributed by atoms with E-state index in [2.05, 4.69) is 22.8 Å². The Labute approximate surface area is 303 Å². The molecule has 0 bridgehead atoms. The number of nitrogens with zero attached hydrogens (tertiary/aromatic N) is 1. The molecule has 278 valence electrons. The molecule has 4 N–H and O–H groups in total. The van der Waals surface area contributed by atoms with Crippen molar-refractivity contribution in [1.82, 2.24) is 15.5 Å². The average molecular weight is 734 g/mol. The van der Waals surface area contributed by atoms with Gasteiger partial charge in [0.15, 0.2) is 0 Å². The molecule has 0 aromatic heterocycles. The minimum Gasteiger partial charge on any atom is -0.481 e. The van der Waals surface area contributed by atoms with Crippen molar-refractivity contribution in [2.75, 3.05) is 20.2 Å². The fraction of sp³-hybridized carbons (Fsp3) is 0.256. The molecule has 3 amide bonds. The number of carbonyl (C=O) groups excluding carboxylic acids is 3. The molecule has 1 atom stereocenters. The van der Waals surface area contributed by atoms with E-state index in [-0.39, 0.29) is 31.3 Å². The van der Waals surface area contributed by atoms with Crippen molar-refractivity contribution in [2.24, 2.45) is 0 Å². The van der Waals surface area contributed by atoms with Crippen molar-refractivity contribution in [1.29, 1.82) is 0 Å². The third kappa shape index (κ3) is 10.9. The molecule has 0 spiro atoms. The van der Waals surface area contributed by atoms with E-state index in [0.29, 0.717) is 24.9 Å². The largest absolute Gasteiger partial charge is 0.490 e. The van der Waals surface area contributed by atoms with Crippen LogP contribution in [0.3, 0.4) is 0 Å². The molecule has 4 aromatic rings. The second kappa shape index (κ2) is 18.4. The molecule has 0 saturated heterocycles. The second-order valence-corrected chi connectivity index (χ2v) is 12.0. The molecule has 1 unspecified atom stereocenters. The topological polar surface area (TPSA) is 162 Å². The summed E-state index contributed by atoms with van der Waals surface area (Å²) in [5.74, 6) is -4.60. The van der Waals surface area contributed by atoms with Crippen molar-refractivity contribution in [2.45, 2.75) is 43.9 Å². The van der Waals surface area contributed by atoms with Gasteiger partial charge in [-0.2, -0.15) is 13.2 Å². The summed E-state index contributed by atoms with van der Waals surface area (Å²) < 4.78 is 36.9. The number of methoxy groups -OCH3 is 1. The van der Waals surface area contributed by atoms with E-state index in [1.165, 1.54) is 7.11 Å². The molecule has 53 heavy (non-hydrogen) atoms. The van der Waals surface area contributed by atoms with Gasteiger partial charge in [0.05, 0.1) is 32.2 Å². The summed E-state index contributed by atoms with van der Waals surface area (Å²) >= 11 is 0. The number of unbranched alkanes of at least 4 members (excludes halogenated alkanes) is 1. The van der Waals surface area contributed by atoms with Crippen LogP contribution < -0.4 is 10.6 Å². The Hall–Kier alpha value is -6.18. The number of hydrogen-bond acceptors (Lipinski definition) is 6. The Morgan fingerprint density at radius 1 is 0.755 bits per heavy atom. The maximum Gasteiger partial charge on any atom is 0.490 e. The number of carboxylic acids is 2. The third-order valence-electron chi connectivity index (χ3n) is 8.40. The zero-order chi connectivity index (χ0) is 38.5. The zero-order valence-corrected chi connectivity index (χ0v) is 28.6. The lowest BCUT2D eigenvalue weighted by Gasteiger charge is -2.29. The lowest BCUT2D eigenvalue weighted by molar-refractivity contribution is -0.192. The van der Waals surface area contributed by atoms with E-state index >= 15 is 0 Å². The number of halogens is 3. The van der Waals surface area contributed by atoms with Crippen LogP contribution in [0.5, 0.6) is 0 Å². The molecule has 14 heteroatoms. The van der Waals surface area contributed by atoms with Crippen molar-refractivity contribution in [3.8, 4) is 22.3 Å². The lowest BCUT2D eigenvalue weighted by atomic mass is 9.99. The van der Waals surface area contributed by atoms with Gasteiger partial charge in [-0.05, 0) is 51.8 Å². The van der Waals surface area contributed by atoms with Gasteiger partial charge in [0.25, 0.3) is 0 Å². The molecule has 4 aromatic carbocycles. The lowest BCUT2D eigenvalue weighted by Crippen LogP contribution is -2.39. The quantitative estimate of drug-likeness (QED) is 0.110.